The first-order valence-electron chi connectivity index (χ1n) is 7.70. The van der Waals surface area contributed by atoms with Gasteiger partial charge in [-0.1, -0.05) is 0 Å². The molecule has 3 rings (SSSR count). The smallest absolute Gasteiger partial charge is 0.406 e. The number of aromatic nitrogens is 1. The molecule has 1 aromatic heterocycles. The van der Waals surface area contributed by atoms with E-state index in [4.69, 9.17) is 0 Å². The molecule has 27 heavy (non-hydrogen) atoms. The van der Waals surface area contributed by atoms with Crippen molar-refractivity contribution in [3.8, 4) is 5.75 Å². The Hall–Kier alpha value is -2.62. The maximum atomic E-state index is 12.8. The van der Waals surface area contributed by atoms with E-state index in [1.165, 1.54) is 12.1 Å². The second-order valence-electron chi connectivity index (χ2n) is 6.11. The summed E-state index contributed by atoms with van der Waals surface area (Å²) in [4.78, 5) is 30.1. The Balaban J connectivity index is 1.81. The first-order valence-corrected chi connectivity index (χ1v) is 8.50. The molecule has 0 spiro atoms. The van der Waals surface area contributed by atoms with E-state index in [0.717, 1.165) is 22.6 Å². The second kappa shape index (κ2) is 6.84. The van der Waals surface area contributed by atoms with E-state index in [-0.39, 0.29) is 12.1 Å². The Kier molecular flexibility index (Phi) is 4.85. The molecule has 1 unspecified atom stereocenters. The van der Waals surface area contributed by atoms with Crippen LogP contribution in [0.1, 0.15) is 12.5 Å². The molecule has 6 nitrogen and oxygen atoms in total. The summed E-state index contributed by atoms with van der Waals surface area (Å²) < 4.78 is 41.1. The van der Waals surface area contributed by atoms with Crippen LogP contribution in [0.2, 0.25) is 0 Å². The Morgan fingerprint density at radius 1 is 1.22 bits per heavy atom. The molecule has 1 N–H and O–H groups in total. The third-order valence-corrected chi connectivity index (χ3v) is 4.37. The number of nitrogens with one attached hydrogen (secondary N) is 1. The number of rotatable bonds is 4. The Morgan fingerprint density at radius 2 is 1.89 bits per heavy atom. The van der Waals surface area contributed by atoms with Crippen LogP contribution in [0.4, 0.5) is 23.7 Å². The van der Waals surface area contributed by atoms with Crippen molar-refractivity contribution in [1.29, 1.82) is 0 Å². The number of amides is 3. The molecule has 1 atom stereocenters. The molecular weight excluding hydrogens is 431 g/mol. The van der Waals surface area contributed by atoms with E-state index in [1.54, 1.807) is 25.3 Å². The number of pyridine rings is 1. The number of halogens is 4. The maximum Gasteiger partial charge on any atom is 0.573 e. The maximum absolute atomic E-state index is 12.8. The molecule has 1 aliphatic heterocycles. The lowest BCUT2D eigenvalue weighted by molar-refractivity contribution is -0.274. The van der Waals surface area contributed by atoms with Gasteiger partial charge >= 0.3 is 12.4 Å². The Morgan fingerprint density at radius 3 is 2.48 bits per heavy atom. The first-order chi connectivity index (χ1) is 12.6. The fourth-order valence-corrected chi connectivity index (χ4v) is 3.21. The summed E-state index contributed by atoms with van der Waals surface area (Å²) in [7, 11) is 0. The van der Waals surface area contributed by atoms with Crippen molar-refractivity contribution in [1.82, 2.24) is 10.3 Å². The SMILES string of the molecule is CC1(Cc2ccnc(Br)c2)NC(=O)N(c2ccc(OC(F)(F)F)cc2)C1=O. The molecule has 3 amide bonds. The lowest BCUT2D eigenvalue weighted by Crippen LogP contribution is -2.46. The zero-order chi connectivity index (χ0) is 19.8. The minimum Gasteiger partial charge on any atom is -0.406 e. The van der Waals surface area contributed by atoms with Crippen molar-refractivity contribution in [2.24, 2.45) is 0 Å². The molecule has 142 valence electrons. The summed E-state index contributed by atoms with van der Waals surface area (Å²) in [5, 5.41) is 2.64. The second-order valence-corrected chi connectivity index (χ2v) is 6.92. The fraction of sp³-hybridized carbons (Fsp3) is 0.235. The third kappa shape index (κ3) is 4.21. The highest BCUT2D eigenvalue weighted by Crippen LogP contribution is 2.30. The van der Waals surface area contributed by atoms with Crippen LogP contribution in [0.15, 0.2) is 47.2 Å². The van der Waals surface area contributed by atoms with Gasteiger partial charge in [-0.15, -0.1) is 13.2 Å². The number of alkyl halides is 3. The topological polar surface area (TPSA) is 71.5 Å². The zero-order valence-corrected chi connectivity index (χ0v) is 15.5. The molecule has 0 saturated carbocycles. The standard InChI is InChI=1S/C17H13BrF3N3O3/c1-16(9-10-6-7-22-13(18)8-10)14(25)24(15(26)23-16)11-2-4-12(5-3-11)27-17(19,20)21/h2-8H,9H2,1H3,(H,23,26). The molecule has 10 heteroatoms. The number of carbonyl (C=O) groups is 2. The number of nitrogens with zero attached hydrogens (tertiary/aromatic N) is 2. The molecule has 1 saturated heterocycles. The van der Waals surface area contributed by atoms with Crippen molar-refractivity contribution in [2.45, 2.75) is 25.2 Å². The molecule has 2 heterocycles. The van der Waals surface area contributed by atoms with Crippen LogP contribution in [0.3, 0.4) is 0 Å². The molecule has 0 aliphatic carbocycles. The summed E-state index contributed by atoms with van der Waals surface area (Å²) in [6.07, 6.45) is -3.02. The van der Waals surface area contributed by atoms with Crippen molar-refractivity contribution in [2.75, 3.05) is 4.90 Å². The van der Waals surface area contributed by atoms with E-state index >= 15 is 0 Å². The average molecular weight is 444 g/mol. The first kappa shape index (κ1) is 19.2. The van der Waals surface area contributed by atoms with Crippen LogP contribution in [-0.4, -0.2) is 28.8 Å². The Bertz CT molecular complexity index is 889. The summed E-state index contributed by atoms with van der Waals surface area (Å²) in [6, 6.07) is 7.32. The number of imide groups is 1. The number of benzene rings is 1. The van der Waals surface area contributed by atoms with Crippen LogP contribution < -0.4 is 15.0 Å². The van der Waals surface area contributed by atoms with Gasteiger partial charge < -0.3 is 10.1 Å². The highest BCUT2D eigenvalue weighted by Gasteiger charge is 2.48. The van der Waals surface area contributed by atoms with Crippen molar-refractivity contribution >= 4 is 33.6 Å². The quantitative estimate of drug-likeness (QED) is 0.576. The number of hydrogen-bond donors (Lipinski definition) is 1. The number of ether oxygens (including phenoxy) is 1. The van der Waals surface area contributed by atoms with Crippen molar-refractivity contribution in [3.05, 3.63) is 52.8 Å². The van der Waals surface area contributed by atoms with Gasteiger partial charge in [0.25, 0.3) is 5.91 Å². The molecule has 2 aromatic rings. The van der Waals surface area contributed by atoms with E-state index in [0.29, 0.717) is 4.60 Å². The van der Waals surface area contributed by atoms with Crippen LogP contribution in [0, 0.1) is 0 Å². The highest BCUT2D eigenvalue weighted by atomic mass is 79.9. The minimum atomic E-state index is -4.82. The third-order valence-electron chi connectivity index (χ3n) is 3.94. The van der Waals surface area contributed by atoms with Gasteiger partial charge in [0, 0.05) is 12.6 Å². The summed E-state index contributed by atoms with van der Waals surface area (Å²) in [6.45, 7) is 1.59. The Labute approximate surface area is 160 Å². The van der Waals surface area contributed by atoms with Gasteiger partial charge in [-0.05, 0) is 64.8 Å². The normalized spacial score (nSPS) is 20.0. The predicted octanol–water partition coefficient (Wildman–Crippen LogP) is 3.80. The fourth-order valence-electron chi connectivity index (χ4n) is 2.80. The zero-order valence-electron chi connectivity index (χ0n) is 13.9. The van der Waals surface area contributed by atoms with Crippen LogP contribution in [0.25, 0.3) is 0 Å². The van der Waals surface area contributed by atoms with Gasteiger partial charge in [0.1, 0.15) is 15.9 Å². The van der Waals surface area contributed by atoms with E-state index in [2.05, 4.69) is 31.0 Å². The number of urea groups is 1. The van der Waals surface area contributed by atoms with Gasteiger partial charge in [0.05, 0.1) is 5.69 Å². The van der Waals surface area contributed by atoms with Gasteiger partial charge in [-0.2, -0.15) is 0 Å². The molecule has 0 radical (unpaired) electrons. The number of hydrogen-bond acceptors (Lipinski definition) is 4. The molecular formula is C17H13BrF3N3O3. The summed E-state index contributed by atoms with van der Waals surface area (Å²) in [5.41, 5.74) is -0.269. The molecule has 1 fully saturated rings. The van der Waals surface area contributed by atoms with E-state index in [1.807, 2.05) is 0 Å². The largest absolute Gasteiger partial charge is 0.573 e. The van der Waals surface area contributed by atoms with E-state index < -0.39 is 29.6 Å². The van der Waals surface area contributed by atoms with E-state index in [9.17, 15) is 22.8 Å². The minimum absolute atomic E-state index is 0.145. The van der Waals surface area contributed by atoms with Gasteiger partial charge in [0.2, 0.25) is 0 Å². The monoisotopic (exact) mass is 443 g/mol. The van der Waals surface area contributed by atoms with Crippen molar-refractivity contribution < 1.29 is 27.5 Å². The van der Waals surface area contributed by atoms with Crippen molar-refractivity contribution in [3.63, 3.8) is 0 Å². The number of carbonyl (C=O) groups excluding carboxylic acids is 2. The van der Waals surface area contributed by atoms with Crippen LogP contribution in [-0.2, 0) is 11.2 Å². The summed E-state index contributed by atoms with van der Waals surface area (Å²) >= 11 is 3.25. The summed E-state index contributed by atoms with van der Waals surface area (Å²) in [5.74, 6) is -0.951. The molecule has 1 aliphatic rings. The van der Waals surface area contributed by atoms with Gasteiger partial charge in [-0.25, -0.2) is 14.7 Å². The average Bonchev–Trinajstić information content (AvgIpc) is 2.76. The van der Waals surface area contributed by atoms with Crippen LogP contribution >= 0.6 is 15.9 Å². The lowest BCUT2D eigenvalue weighted by atomic mass is 9.93. The molecule has 0 bridgehead atoms. The lowest BCUT2D eigenvalue weighted by Gasteiger charge is -2.22. The molecule has 1 aromatic carbocycles. The predicted molar refractivity (Wildman–Crippen MR) is 93.2 cm³/mol. The van der Waals surface area contributed by atoms with Crippen LogP contribution in [0.5, 0.6) is 5.75 Å². The highest BCUT2D eigenvalue weighted by molar-refractivity contribution is 9.10. The number of anilines is 1. The van der Waals surface area contributed by atoms with Gasteiger partial charge in [-0.3, -0.25) is 4.79 Å². The van der Waals surface area contributed by atoms with Gasteiger partial charge in [0.15, 0.2) is 0 Å².